The van der Waals surface area contributed by atoms with E-state index >= 15 is 0 Å². The molecule has 70 heavy (non-hydrogen) atoms. The summed E-state index contributed by atoms with van der Waals surface area (Å²) in [6.45, 7) is 2.36. The van der Waals surface area contributed by atoms with Crippen molar-refractivity contribution in [2.24, 2.45) is 11.8 Å². The number of nitrogens with one attached hydrogen (secondary N) is 5. The zero-order valence-corrected chi connectivity index (χ0v) is 39.4. The highest BCUT2D eigenvalue weighted by Gasteiger charge is 2.28. The lowest BCUT2D eigenvalue weighted by atomic mass is 9.81. The summed E-state index contributed by atoms with van der Waals surface area (Å²) in [4.78, 5) is 126. The molecule has 2 aliphatic rings. The number of benzene rings is 1. The van der Waals surface area contributed by atoms with Gasteiger partial charge in [0.05, 0.1) is 26.2 Å². The molecule has 3 rings (SSSR count). The van der Waals surface area contributed by atoms with E-state index < -0.39 is 60.4 Å². The van der Waals surface area contributed by atoms with E-state index in [1.165, 1.54) is 0 Å². The molecule has 25 heteroatoms. The molecule has 0 bridgehead atoms. The van der Waals surface area contributed by atoms with Crippen molar-refractivity contribution >= 4 is 59.6 Å². The topological polar surface area (TPSA) is 365 Å². The van der Waals surface area contributed by atoms with Crippen LogP contribution in [0.15, 0.2) is 24.3 Å². The third-order valence-corrected chi connectivity index (χ3v) is 12.2. The quantitative estimate of drug-likeness (QED) is 0.0474. The number of rotatable bonds is 27. The van der Waals surface area contributed by atoms with Gasteiger partial charge in [0.25, 0.3) is 5.91 Å². The maximum absolute atomic E-state index is 13.1. The summed E-state index contributed by atoms with van der Waals surface area (Å²) in [6, 6.07) is 2.95. The molecular formula is C45H69N9O16. The first kappa shape index (κ1) is 57.9. The van der Waals surface area contributed by atoms with Crippen LogP contribution in [0.2, 0.25) is 0 Å². The first-order valence-corrected chi connectivity index (χ1v) is 23.5. The van der Waals surface area contributed by atoms with Crippen molar-refractivity contribution in [1.29, 1.82) is 0 Å². The molecule has 390 valence electrons. The van der Waals surface area contributed by atoms with Gasteiger partial charge in [0.1, 0.15) is 12.1 Å². The average molecular weight is 992 g/mol. The fraction of sp³-hybridized carbons (Fsp3) is 0.644. The minimum atomic E-state index is -1.50. The zero-order valence-electron chi connectivity index (χ0n) is 39.4. The molecule has 5 amide bonds. The highest BCUT2D eigenvalue weighted by Crippen LogP contribution is 2.28. The van der Waals surface area contributed by atoms with Gasteiger partial charge in [0.2, 0.25) is 11.8 Å². The van der Waals surface area contributed by atoms with Crippen molar-refractivity contribution in [3.8, 4) is 0 Å². The van der Waals surface area contributed by atoms with Gasteiger partial charge in [-0.25, -0.2) is 14.4 Å². The van der Waals surface area contributed by atoms with Crippen LogP contribution in [0.5, 0.6) is 0 Å². The lowest BCUT2D eigenvalue weighted by Crippen LogP contribution is -2.51. The highest BCUT2D eigenvalue weighted by molar-refractivity contribution is 5.94. The normalized spacial score (nSPS) is 18.6. The van der Waals surface area contributed by atoms with Crippen LogP contribution in [0, 0.1) is 11.8 Å². The highest BCUT2D eigenvalue weighted by atomic mass is 16.4. The molecule has 2 atom stereocenters. The minimum absolute atomic E-state index is 0.0361. The molecule has 1 aromatic carbocycles. The van der Waals surface area contributed by atoms with Gasteiger partial charge in [-0.2, -0.15) is 0 Å². The Hall–Kier alpha value is -6.44. The predicted molar refractivity (Wildman–Crippen MR) is 248 cm³/mol. The number of unbranched alkanes of at least 4 members (excludes halogenated alkanes) is 2. The molecule has 0 aromatic heterocycles. The van der Waals surface area contributed by atoms with Crippen molar-refractivity contribution in [3.05, 3.63) is 35.4 Å². The van der Waals surface area contributed by atoms with Gasteiger partial charge in [0, 0.05) is 89.9 Å². The second-order valence-corrected chi connectivity index (χ2v) is 17.7. The van der Waals surface area contributed by atoms with E-state index in [2.05, 4.69) is 26.6 Å². The summed E-state index contributed by atoms with van der Waals surface area (Å²) in [5.74, 6) is -7.78. The first-order chi connectivity index (χ1) is 33.3. The van der Waals surface area contributed by atoms with Crippen molar-refractivity contribution in [2.45, 2.75) is 82.8 Å². The number of urea groups is 1. The van der Waals surface area contributed by atoms with Crippen molar-refractivity contribution in [3.63, 3.8) is 0 Å². The molecule has 1 aliphatic carbocycles. The van der Waals surface area contributed by atoms with E-state index in [-0.39, 0.29) is 114 Å². The van der Waals surface area contributed by atoms with Crippen LogP contribution >= 0.6 is 0 Å². The van der Waals surface area contributed by atoms with Crippen LogP contribution in [-0.2, 0) is 44.9 Å². The maximum Gasteiger partial charge on any atom is 0.326 e. The fourth-order valence-corrected chi connectivity index (χ4v) is 8.13. The summed E-state index contributed by atoms with van der Waals surface area (Å²) >= 11 is 0. The predicted octanol–water partition coefficient (Wildman–Crippen LogP) is -0.939. The Bertz CT molecular complexity index is 1900. The Morgan fingerprint density at radius 1 is 0.529 bits per heavy atom. The molecule has 2 fully saturated rings. The van der Waals surface area contributed by atoms with Crippen molar-refractivity contribution in [2.75, 3.05) is 91.6 Å². The first-order valence-electron chi connectivity index (χ1n) is 23.5. The zero-order chi connectivity index (χ0) is 51.6. The van der Waals surface area contributed by atoms with E-state index in [1.807, 2.05) is 4.90 Å². The number of carbonyl (C=O) groups is 10. The standard InChI is InChI=1S/C45H69N9O16/c55-36(26-51-16-18-52(27-38(58)59)20-22-54(29-40(62)63)23-21-53(19-17-51)28-39(60)61)47-24-30-5-11-33(12-6-30)42(65)48-25-31-7-9-32(10-8-31)41(64)46-15-3-1-2-4-34(43(66)67)49-45(70)50-35(44(68)69)13-14-37(56)57/h5-6,11-12,31-32,34-35H,1-4,7-10,13-29H2,(H,46,64)(H,47,55)(H,48,65)(H,56,57)(H,58,59)(H,60,61)(H,62,63)(H,66,67)(H,68,69)(H2,49,50,70)/t31?,32?,34-,35-/m0/s1. The average Bonchev–Trinajstić information content (AvgIpc) is 3.29. The van der Waals surface area contributed by atoms with Gasteiger partial charge in [-0.15, -0.1) is 0 Å². The second kappa shape index (κ2) is 30.9. The van der Waals surface area contributed by atoms with E-state index in [9.17, 15) is 73.5 Å². The van der Waals surface area contributed by atoms with E-state index in [4.69, 9.17) is 5.11 Å². The van der Waals surface area contributed by atoms with Gasteiger partial charge in [-0.3, -0.25) is 53.2 Å². The lowest BCUT2D eigenvalue weighted by Gasteiger charge is -2.32. The largest absolute Gasteiger partial charge is 0.481 e. The van der Waals surface area contributed by atoms with Crippen molar-refractivity contribution in [1.82, 2.24) is 46.2 Å². The monoisotopic (exact) mass is 991 g/mol. The van der Waals surface area contributed by atoms with Crippen LogP contribution in [0.3, 0.4) is 0 Å². The van der Waals surface area contributed by atoms with Crippen LogP contribution in [0.4, 0.5) is 4.79 Å². The van der Waals surface area contributed by atoms with E-state index in [0.717, 1.165) is 18.4 Å². The van der Waals surface area contributed by atoms with Crippen LogP contribution < -0.4 is 26.6 Å². The Kier molecular flexibility index (Phi) is 25.6. The number of hydrogen-bond acceptors (Lipinski definition) is 14. The van der Waals surface area contributed by atoms with E-state index in [0.29, 0.717) is 63.8 Å². The molecule has 0 radical (unpaired) electrons. The number of carboxylic acids is 6. The number of aliphatic carboxylic acids is 6. The summed E-state index contributed by atoms with van der Waals surface area (Å²) < 4.78 is 0. The summed E-state index contributed by atoms with van der Waals surface area (Å²) in [7, 11) is 0. The second-order valence-electron chi connectivity index (χ2n) is 17.7. The fourth-order valence-electron chi connectivity index (χ4n) is 8.13. The smallest absolute Gasteiger partial charge is 0.326 e. The number of amides is 5. The Labute approximate surface area is 405 Å². The van der Waals surface area contributed by atoms with E-state index in [1.54, 1.807) is 39.0 Å². The SMILES string of the molecule is O=C(O)CC[C@H](NC(=O)N[C@@H](CCCCCNC(=O)C1CCC(CNC(=O)c2ccc(CNC(=O)CN3CCN(CC(=O)O)CCN(CC(=O)O)CCN(CC(=O)O)CC3)cc2)CC1)C(=O)O)C(=O)O. The number of carboxylic acid groups (broad SMARTS) is 6. The minimum Gasteiger partial charge on any atom is -0.481 e. The van der Waals surface area contributed by atoms with Gasteiger partial charge >= 0.3 is 41.8 Å². The summed E-state index contributed by atoms with van der Waals surface area (Å²) in [6.07, 6.45) is 3.49. The van der Waals surface area contributed by atoms with Crippen LogP contribution in [0.25, 0.3) is 0 Å². The molecule has 11 N–H and O–H groups in total. The number of hydrogen-bond donors (Lipinski definition) is 11. The molecule has 0 unspecified atom stereocenters. The maximum atomic E-state index is 13.1. The number of nitrogens with zero attached hydrogens (tertiary/aromatic N) is 4. The number of carbonyl (C=O) groups excluding carboxylic acids is 4. The Balaban J connectivity index is 1.36. The summed E-state index contributed by atoms with van der Waals surface area (Å²) in [5, 5.41) is 68.8. The van der Waals surface area contributed by atoms with Crippen molar-refractivity contribution < 1.29 is 78.6 Å². The molecule has 1 saturated heterocycles. The van der Waals surface area contributed by atoms with Gasteiger partial charge in [-0.1, -0.05) is 25.0 Å². The third kappa shape index (κ3) is 23.7. The molecule has 1 aliphatic heterocycles. The molecule has 1 saturated carbocycles. The lowest BCUT2D eigenvalue weighted by molar-refractivity contribution is -0.141. The van der Waals surface area contributed by atoms with Crippen LogP contribution in [0.1, 0.15) is 80.1 Å². The molecule has 1 heterocycles. The van der Waals surface area contributed by atoms with Crippen LogP contribution in [-0.4, -0.2) is 214 Å². The molecule has 1 aromatic rings. The molecule has 25 nitrogen and oxygen atoms in total. The van der Waals surface area contributed by atoms with Gasteiger partial charge in [-0.05, 0) is 68.6 Å². The Morgan fingerprint density at radius 3 is 1.46 bits per heavy atom. The van der Waals surface area contributed by atoms with Gasteiger partial charge < -0.3 is 57.2 Å². The molecule has 0 spiro atoms. The Morgan fingerprint density at radius 2 is 1.00 bits per heavy atom. The third-order valence-electron chi connectivity index (χ3n) is 12.2. The van der Waals surface area contributed by atoms with Gasteiger partial charge in [0.15, 0.2) is 0 Å². The summed E-state index contributed by atoms with van der Waals surface area (Å²) in [5.41, 5.74) is 1.18. The molecular weight excluding hydrogens is 923 g/mol.